The van der Waals surface area contributed by atoms with Crippen LogP contribution in [0.2, 0.25) is 0 Å². The van der Waals surface area contributed by atoms with Crippen molar-refractivity contribution < 1.29 is 4.74 Å². The molecule has 158 valence electrons. The van der Waals surface area contributed by atoms with Gasteiger partial charge in [0.1, 0.15) is 0 Å². The molecule has 1 unspecified atom stereocenters. The van der Waals surface area contributed by atoms with E-state index in [0.717, 1.165) is 45.3 Å². The van der Waals surface area contributed by atoms with Gasteiger partial charge in [0.05, 0.1) is 25.8 Å². The third kappa shape index (κ3) is 6.34. The number of nitrogens with one attached hydrogen (secondary N) is 1. The Kier molecular flexibility index (Phi) is 7.72. The molecule has 0 saturated carbocycles. The van der Waals surface area contributed by atoms with Crippen LogP contribution in [0.3, 0.4) is 0 Å². The summed E-state index contributed by atoms with van der Waals surface area (Å²) in [5, 5.41) is 3.41. The van der Waals surface area contributed by atoms with Crippen LogP contribution in [0.15, 0.2) is 47.6 Å². The summed E-state index contributed by atoms with van der Waals surface area (Å²) < 4.78 is 7.80. The molecule has 0 amide bonds. The smallest absolute Gasteiger partial charge is 0.194 e. The summed E-state index contributed by atoms with van der Waals surface area (Å²) in [5.74, 6) is 0.932. The minimum atomic E-state index is 0.318. The van der Waals surface area contributed by atoms with Crippen molar-refractivity contribution in [1.29, 1.82) is 0 Å². The first-order valence-corrected chi connectivity index (χ1v) is 10.6. The van der Waals surface area contributed by atoms with Crippen molar-refractivity contribution >= 4 is 5.96 Å². The van der Waals surface area contributed by atoms with Gasteiger partial charge in [0.15, 0.2) is 5.96 Å². The van der Waals surface area contributed by atoms with E-state index in [1.807, 2.05) is 0 Å². The van der Waals surface area contributed by atoms with Crippen molar-refractivity contribution in [3.05, 3.63) is 59.4 Å². The van der Waals surface area contributed by atoms with Crippen molar-refractivity contribution in [3.8, 4) is 0 Å². The minimum absolute atomic E-state index is 0.318. The third-order valence-electron chi connectivity index (χ3n) is 5.28. The Hall–Kier alpha value is -2.31. The quantitative estimate of drug-likeness (QED) is 0.576. The lowest BCUT2D eigenvalue weighted by Gasteiger charge is -2.31. The number of benzene rings is 1. The summed E-state index contributed by atoms with van der Waals surface area (Å²) in [5.41, 5.74) is 3.85. The van der Waals surface area contributed by atoms with E-state index in [2.05, 4.69) is 90.2 Å². The van der Waals surface area contributed by atoms with Crippen molar-refractivity contribution in [1.82, 2.24) is 19.7 Å². The van der Waals surface area contributed by atoms with Crippen molar-refractivity contribution in [3.63, 3.8) is 0 Å². The second-order valence-corrected chi connectivity index (χ2v) is 7.87. The average Bonchev–Trinajstić information content (AvgIpc) is 3.10. The van der Waals surface area contributed by atoms with Crippen LogP contribution < -0.4 is 5.32 Å². The first kappa shape index (κ1) is 21.4. The molecule has 1 aliphatic heterocycles. The van der Waals surface area contributed by atoms with Crippen LogP contribution in [0.25, 0.3) is 0 Å². The Morgan fingerprint density at radius 1 is 1.28 bits per heavy atom. The van der Waals surface area contributed by atoms with Gasteiger partial charge in [-0.1, -0.05) is 24.3 Å². The Morgan fingerprint density at radius 3 is 2.83 bits per heavy atom. The predicted octanol–water partition coefficient (Wildman–Crippen LogP) is 2.84. The lowest BCUT2D eigenvalue weighted by atomic mass is 10.1. The number of aromatic nitrogens is 1. The lowest BCUT2D eigenvalue weighted by molar-refractivity contribution is -0.0212. The first-order chi connectivity index (χ1) is 14.0. The van der Waals surface area contributed by atoms with Crippen LogP contribution >= 0.6 is 0 Å². The molecule has 2 heterocycles. The van der Waals surface area contributed by atoms with E-state index in [4.69, 9.17) is 9.73 Å². The van der Waals surface area contributed by atoms with Gasteiger partial charge >= 0.3 is 0 Å². The molecule has 1 aliphatic rings. The highest BCUT2D eigenvalue weighted by molar-refractivity contribution is 5.79. The number of morpholine rings is 1. The van der Waals surface area contributed by atoms with Crippen LogP contribution in [0, 0.1) is 0 Å². The fraction of sp³-hybridized carbons (Fsp3) is 0.522. The molecule has 1 saturated heterocycles. The summed E-state index contributed by atoms with van der Waals surface area (Å²) in [6.45, 7) is 10.4. The van der Waals surface area contributed by atoms with Crippen molar-refractivity contribution in [2.45, 2.75) is 39.6 Å². The molecule has 0 spiro atoms. The number of rotatable bonds is 7. The van der Waals surface area contributed by atoms with Gasteiger partial charge in [-0.25, -0.2) is 4.99 Å². The van der Waals surface area contributed by atoms with E-state index >= 15 is 0 Å². The summed E-state index contributed by atoms with van der Waals surface area (Å²) >= 11 is 0. The van der Waals surface area contributed by atoms with E-state index in [0.29, 0.717) is 12.6 Å². The van der Waals surface area contributed by atoms with Crippen molar-refractivity contribution in [2.24, 2.45) is 12.0 Å². The average molecular weight is 398 g/mol. The normalized spacial score (nSPS) is 18.1. The molecular weight excluding hydrogens is 362 g/mol. The van der Waals surface area contributed by atoms with Gasteiger partial charge in [0, 0.05) is 52.2 Å². The van der Waals surface area contributed by atoms with Gasteiger partial charge in [-0.2, -0.15) is 0 Å². The number of nitrogens with zero attached hydrogens (tertiary/aromatic N) is 4. The molecule has 0 radical (unpaired) electrons. The van der Waals surface area contributed by atoms with Gasteiger partial charge in [-0.15, -0.1) is 0 Å². The number of hydrogen-bond acceptors (Lipinski definition) is 3. The van der Waals surface area contributed by atoms with E-state index < -0.39 is 0 Å². The van der Waals surface area contributed by atoms with Crippen molar-refractivity contribution in [2.75, 3.05) is 33.3 Å². The summed E-state index contributed by atoms with van der Waals surface area (Å²) in [4.78, 5) is 9.53. The van der Waals surface area contributed by atoms with Crippen LogP contribution in [0.4, 0.5) is 0 Å². The van der Waals surface area contributed by atoms with E-state index in [9.17, 15) is 0 Å². The van der Waals surface area contributed by atoms with Gasteiger partial charge in [-0.3, -0.25) is 4.90 Å². The largest absolute Gasteiger partial charge is 0.376 e. The Labute approximate surface area is 175 Å². The third-order valence-corrected chi connectivity index (χ3v) is 5.28. The maximum Gasteiger partial charge on any atom is 0.194 e. The Morgan fingerprint density at radius 2 is 2.10 bits per heavy atom. The molecule has 0 aliphatic carbocycles. The molecule has 6 heteroatoms. The molecule has 1 atom stereocenters. The highest BCUT2D eigenvalue weighted by Crippen LogP contribution is 2.13. The fourth-order valence-corrected chi connectivity index (χ4v) is 3.73. The van der Waals surface area contributed by atoms with Gasteiger partial charge < -0.3 is 19.5 Å². The molecule has 1 fully saturated rings. The number of guanidine groups is 1. The monoisotopic (exact) mass is 397 g/mol. The number of hydrogen-bond donors (Lipinski definition) is 1. The zero-order chi connectivity index (χ0) is 20.6. The van der Waals surface area contributed by atoms with Crippen LogP contribution in [-0.4, -0.2) is 59.7 Å². The zero-order valence-corrected chi connectivity index (χ0v) is 18.3. The summed E-state index contributed by atoms with van der Waals surface area (Å²) in [7, 11) is 4.17. The number of aliphatic imine (C=N–C) groups is 1. The molecule has 1 N–H and O–H groups in total. The Balaban J connectivity index is 1.63. The predicted molar refractivity (Wildman–Crippen MR) is 119 cm³/mol. The van der Waals surface area contributed by atoms with E-state index in [1.165, 1.54) is 16.8 Å². The molecule has 29 heavy (non-hydrogen) atoms. The maximum atomic E-state index is 5.65. The van der Waals surface area contributed by atoms with Crippen LogP contribution in [0.1, 0.15) is 30.7 Å². The molecule has 2 aromatic rings. The highest BCUT2D eigenvalue weighted by atomic mass is 16.5. The van der Waals surface area contributed by atoms with Gasteiger partial charge in [0.25, 0.3) is 0 Å². The molecule has 0 bridgehead atoms. The lowest BCUT2D eigenvalue weighted by Crippen LogP contribution is -2.40. The highest BCUT2D eigenvalue weighted by Gasteiger charge is 2.16. The van der Waals surface area contributed by atoms with Gasteiger partial charge in [0.2, 0.25) is 0 Å². The first-order valence-electron chi connectivity index (χ1n) is 10.6. The van der Waals surface area contributed by atoms with Gasteiger partial charge in [-0.05, 0) is 37.1 Å². The standard InChI is InChI=1S/C23H35N5O/c1-5-24-23(27(4)18-22-10-7-11-26(22)3)25-15-20-8-6-9-21(14-20)17-28-12-13-29-19(2)16-28/h6-11,14,19H,5,12-13,15-18H2,1-4H3,(H,24,25). The topological polar surface area (TPSA) is 45.0 Å². The summed E-state index contributed by atoms with van der Waals surface area (Å²) in [6.07, 6.45) is 2.40. The zero-order valence-electron chi connectivity index (χ0n) is 18.3. The van der Waals surface area contributed by atoms with E-state index in [-0.39, 0.29) is 0 Å². The molecule has 3 rings (SSSR count). The number of ether oxygens (including phenoxy) is 1. The van der Waals surface area contributed by atoms with Crippen LogP contribution in [0.5, 0.6) is 0 Å². The second-order valence-electron chi connectivity index (χ2n) is 7.87. The fourth-order valence-electron chi connectivity index (χ4n) is 3.73. The second kappa shape index (κ2) is 10.5. The maximum absolute atomic E-state index is 5.65. The van der Waals surface area contributed by atoms with E-state index in [1.54, 1.807) is 0 Å². The molecule has 1 aromatic heterocycles. The summed E-state index contributed by atoms with van der Waals surface area (Å²) in [6, 6.07) is 13.0. The SMILES string of the molecule is CCNC(=NCc1cccc(CN2CCOC(C)C2)c1)N(C)Cc1cccn1C. The minimum Gasteiger partial charge on any atom is -0.376 e. The van der Waals surface area contributed by atoms with Crippen LogP contribution in [-0.2, 0) is 31.4 Å². The molecular formula is C23H35N5O. The Bertz CT molecular complexity index is 800. The number of aryl methyl sites for hydroxylation is 1. The molecule has 6 nitrogen and oxygen atoms in total. The molecule has 1 aromatic carbocycles.